The fourth-order valence-electron chi connectivity index (χ4n) is 2.58. The van der Waals surface area contributed by atoms with Crippen LogP contribution in [0, 0.1) is 6.92 Å². The number of para-hydroxylation sites is 1. The molecule has 1 unspecified atom stereocenters. The van der Waals surface area contributed by atoms with Crippen molar-refractivity contribution in [1.29, 1.82) is 0 Å². The molecule has 2 aromatic heterocycles. The summed E-state index contributed by atoms with van der Waals surface area (Å²) >= 11 is 0. The number of hydrogen-bond donors (Lipinski definition) is 1. The van der Waals surface area contributed by atoms with Gasteiger partial charge >= 0.3 is 0 Å². The highest BCUT2D eigenvalue weighted by molar-refractivity contribution is 5.82. The van der Waals surface area contributed by atoms with Crippen molar-refractivity contribution in [2.75, 3.05) is 0 Å². The Morgan fingerprint density at radius 1 is 1.24 bits per heavy atom. The first-order valence-electron chi connectivity index (χ1n) is 7.28. The number of aryl methyl sites for hydroxylation is 1. The molecule has 0 bridgehead atoms. The van der Waals surface area contributed by atoms with Crippen molar-refractivity contribution in [1.82, 2.24) is 20.1 Å². The number of pyridine rings is 1. The van der Waals surface area contributed by atoms with E-state index in [0.29, 0.717) is 6.04 Å². The van der Waals surface area contributed by atoms with E-state index in [-0.39, 0.29) is 0 Å². The van der Waals surface area contributed by atoms with Crippen LogP contribution in [0.1, 0.15) is 18.2 Å². The lowest BCUT2D eigenvalue weighted by molar-refractivity contribution is 0.451. The predicted octanol–water partition coefficient (Wildman–Crippen LogP) is 2.92. The highest BCUT2D eigenvalue weighted by Crippen LogP contribution is 2.18. The van der Waals surface area contributed by atoms with E-state index in [1.165, 1.54) is 10.9 Å². The molecule has 1 aromatic carbocycles. The molecule has 0 aliphatic carbocycles. The van der Waals surface area contributed by atoms with Gasteiger partial charge in [-0.2, -0.15) is 5.10 Å². The van der Waals surface area contributed by atoms with E-state index in [9.17, 15) is 0 Å². The third-order valence-electron chi connectivity index (χ3n) is 3.59. The van der Waals surface area contributed by atoms with Crippen LogP contribution in [0.2, 0.25) is 0 Å². The van der Waals surface area contributed by atoms with Gasteiger partial charge in [-0.15, -0.1) is 0 Å². The van der Waals surface area contributed by atoms with Crippen molar-refractivity contribution < 1.29 is 0 Å². The van der Waals surface area contributed by atoms with Gasteiger partial charge in [0.1, 0.15) is 0 Å². The van der Waals surface area contributed by atoms with Crippen LogP contribution in [-0.2, 0) is 13.1 Å². The lowest BCUT2D eigenvalue weighted by atomic mass is 10.1. The average Bonchev–Trinajstić information content (AvgIpc) is 2.97. The van der Waals surface area contributed by atoms with Gasteiger partial charge in [-0.05, 0) is 37.6 Å². The molecule has 0 amide bonds. The maximum absolute atomic E-state index is 4.58. The molecule has 0 aliphatic rings. The number of nitrogens with one attached hydrogen (secondary N) is 1. The van der Waals surface area contributed by atoms with Crippen molar-refractivity contribution in [3.8, 4) is 0 Å². The number of fused-ring (bicyclic) bond motifs is 1. The lowest BCUT2D eigenvalue weighted by Gasteiger charge is -2.15. The van der Waals surface area contributed by atoms with Gasteiger partial charge in [0.05, 0.1) is 12.1 Å². The number of hydrogen-bond acceptors (Lipinski definition) is 3. The summed E-state index contributed by atoms with van der Waals surface area (Å²) in [5.74, 6) is 0. The molecule has 0 saturated carbocycles. The molecule has 0 saturated heterocycles. The van der Waals surface area contributed by atoms with E-state index < -0.39 is 0 Å². The summed E-state index contributed by atoms with van der Waals surface area (Å²) in [6.07, 6.45) is 3.80. The third-order valence-corrected chi connectivity index (χ3v) is 3.59. The Balaban J connectivity index is 1.73. The first-order chi connectivity index (χ1) is 10.2. The Bertz CT molecular complexity index is 719. The number of aromatic nitrogens is 3. The molecule has 0 fully saturated rings. The molecular weight excluding hydrogens is 260 g/mol. The van der Waals surface area contributed by atoms with Crippen LogP contribution in [0.4, 0.5) is 0 Å². The SMILES string of the molecule is Cc1cc(CNC(C)Cn2cccn2)c2ccccc2n1. The molecule has 108 valence electrons. The molecular formula is C17H20N4. The van der Waals surface area contributed by atoms with Gasteiger partial charge in [-0.3, -0.25) is 9.67 Å². The van der Waals surface area contributed by atoms with Crippen molar-refractivity contribution >= 4 is 10.9 Å². The molecule has 3 aromatic rings. The molecule has 4 heteroatoms. The molecule has 2 heterocycles. The minimum Gasteiger partial charge on any atom is -0.308 e. The van der Waals surface area contributed by atoms with Crippen molar-refractivity contribution in [3.05, 3.63) is 60.0 Å². The van der Waals surface area contributed by atoms with Crippen molar-refractivity contribution in [2.24, 2.45) is 0 Å². The van der Waals surface area contributed by atoms with Gasteiger partial charge in [0.25, 0.3) is 0 Å². The Labute approximate surface area is 124 Å². The first-order valence-corrected chi connectivity index (χ1v) is 7.28. The van der Waals surface area contributed by atoms with Crippen LogP contribution < -0.4 is 5.32 Å². The minimum absolute atomic E-state index is 0.358. The fourth-order valence-corrected chi connectivity index (χ4v) is 2.58. The van der Waals surface area contributed by atoms with Crippen LogP contribution in [0.15, 0.2) is 48.8 Å². The average molecular weight is 280 g/mol. The molecule has 1 N–H and O–H groups in total. The summed E-state index contributed by atoms with van der Waals surface area (Å²) in [4.78, 5) is 4.58. The molecule has 0 spiro atoms. The van der Waals surface area contributed by atoms with Crippen LogP contribution in [0.3, 0.4) is 0 Å². The summed E-state index contributed by atoms with van der Waals surface area (Å²) in [5, 5.41) is 9.03. The normalized spacial score (nSPS) is 12.7. The number of nitrogens with zero attached hydrogens (tertiary/aromatic N) is 3. The highest BCUT2D eigenvalue weighted by atomic mass is 15.3. The summed E-state index contributed by atoms with van der Waals surface area (Å²) in [6, 6.07) is 12.8. The van der Waals surface area contributed by atoms with E-state index in [2.05, 4.69) is 46.6 Å². The summed E-state index contributed by atoms with van der Waals surface area (Å²) < 4.78 is 1.95. The molecule has 1 atom stereocenters. The molecule has 0 radical (unpaired) electrons. The Morgan fingerprint density at radius 3 is 2.90 bits per heavy atom. The predicted molar refractivity (Wildman–Crippen MR) is 85.0 cm³/mol. The number of benzene rings is 1. The smallest absolute Gasteiger partial charge is 0.0708 e. The van der Waals surface area contributed by atoms with Crippen molar-refractivity contribution in [2.45, 2.75) is 33.0 Å². The van der Waals surface area contributed by atoms with Crippen molar-refractivity contribution in [3.63, 3.8) is 0 Å². The van der Waals surface area contributed by atoms with E-state index >= 15 is 0 Å². The summed E-state index contributed by atoms with van der Waals surface area (Å²) in [6.45, 7) is 5.93. The zero-order valence-corrected chi connectivity index (χ0v) is 12.5. The van der Waals surface area contributed by atoms with Gasteiger partial charge in [0.15, 0.2) is 0 Å². The monoisotopic (exact) mass is 280 g/mol. The second-order valence-corrected chi connectivity index (χ2v) is 5.45. The van der Waals surface area contributed by atoms with Crippen LogP contribution in [0.5, 0.6) is 0 Å². The standard InChI is InChI=1S/C17H20N4/c1-13-10-15(16-6-3-4-7-17(16)20-13)11-18-14(2)12-21-9-5-8-19-21/h3-10,14,18H,11-12H2,1-2H3. The van der Waals surface area contributed by atoms with Gasteiger partial charge in [0, 0.05) is 36.1 Å². The Morgan fingerprint density at radius 2 is 2.10 bits per heavy atom. The second kappa shape index (κ2) is 6.06. The fraction of sp³-hybridized carbons (Fsp3) is 0.294. The quantitative estimate of drug-likeness (QED) is 0.781. The summed E-state index contributed by atoms with van der Waals surface area (Å²) in [7, 11) is 0. The van der Waals surface area contributed by atoms with Gasteiger partial charge < -0.3 is 5.32 Å². The Kier molecular flexibility index (Phi) is 3.97. The van der Waals surface area contributed by atoms with Gasteiger partial charge in [0.2, 0.25) is 0 Å². The molecule has 4 nitrogen and oxygen atoms in total. The zero-order chi connectivity index (χ0) is 14.7. The second-order valence-electron chi connectivity index (χ2n) is 5.45. The Hall–Kier alpha value is -2.20. The van der Waals surface area contributed by atoms with Crippen LogP contribution in [0.25, 0.3) is 10.9 Å². The summed E-state index contributed by atoms with van der Waals surface area (Å²) in [5.41, 5.74) is 3.42. The molecule has 0 aliphatic heterocycles. The van der Waals surface area contributed by atoms with Gasteiger partial charge in [-0.1, -0.05) is 18.2 Å². The molecule has 3 rings (SSSR count). The van der Waals surface area contributed by atoms with Crippen LogP contribution >= 0.6 is 0 Å². The first kappa shape index (κ1) is 13.8. The highest BCUT2D eigenvalue weighted by Gasteiger charge is 2.06. The maximum Gasteiger partial charge on any atom is 0.0708 e. The van der Waals surface area contributed by atoms with Gasteiger partial charge in [-0.25, -0.2) is 0 Å². The van der Waals surface area contributed by atoms with E-state index in [1.807, 2.05) is 36.1 Å². The van der Waals surface area contributed by atoms with Crippen LogP contribution in [-0.4, -0.2) is 20.8 Å². The third kappa shape index (κ3) is 3.28. The van der Waals surface area contributed by atoms with E-state index in [0.717, 1.165) is 24.3 Å². The van der Waals surface area contributed by atoms with E-state index in [1.54, 1.807) is 0 Å². The number of rotatable bonds is 5. The van der Waals surface area contributed by atoms with E-state index in [4.69, 9.17) is 0 Å². The minimum atomic E-state index is 0.358. The largest absolute Gasteiger partial charge is 0.308 e. The lowest BCUT2D eigenvalue weighted by Crippen LogP contribution is -2.30. The topological polar surface area (TPSA) is 42.7 Å². The molecule has 21 heavy (non-hydrogen) atoms. The zero-order valence-electron chi connectivity index (χ0n) is 12.5. The maximum atomic E-state index is 4.58.